The lowest BCUT2D eigenvalue weighted by atomic mass is 9.87. The van der Waals surface area contributed by atoms with E-state index in [1.54, 1.807) is 19.1 Å². The van der Waals surface area contributed by atoms with Crippen molar-refractivity contribution < 1.29 is 9.53 Å². The molecule has 0 aliphatic carbocycles. The number of hydrogen-bond donors (Lipinski definition) is 0. The predicted octanol–water partition coefficient (Wildman–Crippen LogP) is 4.98. The Morgan fingerprint density at radius 1 is 1.09 bits per heavy atom. The third-order valence-corrected chi connectivity index (χ3v) is 3.90. The first-order valence-electron chi connectivity index (χ1n) is 7.88. The van der Waals surface area contributed by atoms with Crippen LogP contribution in [0.2, 0.25) is 0 Å². The maximum atomic E-state index is 12.3. The van der Waals surface area contributed by atoms with E-state index in [0.29, 0.717) is 12.2 Å². The van der Waals surface area contributed by atoms with E-state index in [4.69, 9.17) is 4.74 Å². The van der Waals surface area contributed by atoms with Gasteiger partial charge in [0.05, 0.1) is 6.07 Å². The van der Waals surface area contributed by atoms with Crippen LogP contribution in [0.1, 0.15) is 33.1 Å². The minimum absolute atomic E-state index is 0.465. The van der Waals surface area contributed by atoms with Gasteiger partial charge in [-0.15, -0.1) is 0 Å². The van der Waals surface area contributed by atoms with Crippen LogP contribution >= 0.6 is 0 Å². The fraction of sp³-hybridized carbons (Fsp3) is 0.300. The number of hydrogen-bond acceptors (Lipinski definition) is 3. The van der Waals surface area contributed by atoms with Crippen LogP contribution in [-0.4, -0.2) is 5.97 Å². The lowest BCUT2D eigenvalue weighted by Gasteiger charge is -2.19. The molecule has 0 radical (unpaired) electrons. The number of nitrogens with zero attached hydrogens (tertiary/aromatic N) is 1. The van der Waals surface area contributed by atoms with Crippen LogP contribution in [0.25, 0.3) is 11.1 Å². The van der Waals surface area contributed by atoms with Crippen LogP contribution < -0.4 is 4.74 Å². The van der Waals surface area contributed by atoms with Crippen molar-refractivity contribution >= 4 is 5.97 Å². The van der Waals surface area contributed by atoms with Gasteiger partial charge in [0.2, 0.25) is 0 Å². The summed E-state index contributed by atoms with van der Waals surface area (Å²) < 4.78 is 5.40. The molecule has 0 aromatic heterocycles. The van der Waals surface area contributed by atoms with Gasteiger partial charge < -0.3 is 4.74 Å². The maximum absolute atomic E-state index is 12.3. The molecule has 2 rings (SSSR count). The van der Waals surface area contributed by atoms with E-state index in [0.717, 1.165) is 24.0 Å². The predicted molar refractivity (Wildman–Crippen MR) is 90.8 cm³/mol. The lowest BCUT2D eigenvalue weighted by Crippen LogP contribution is -2.30. The van der Waals surface area contributed by atoms with Gasteiger partial charge in [-0.2, -0.15) is 5.26 Å². The molecule has 0 N–H and O–H groups in total. The van der Waals surface area contributed by atoms with Crippen LogP contribution in [-0.2, 0) is 4.79 Å². The van der Waals surface area contributed by atoms with Crippen LogP contribution in [0.4, 0.5) is 0 Å². The van der Waals surface area contributed by atoms with Gasteiger partial charge in [-0.3, -0.25) is 0 Å². The normalized spacial score (nSPS) is 12.9. The van der Waals surface area contributed by atoms with Crippen molar-refractivity contribution in [2.75, 3.05) is 0 Å². The third kappa shape index (κ3) is 4.20. The van der Waals surface area contributed by atoms with Gasteiger partial charge in [0.15, 0.2) is 5.41 Å². The second-order valence-electron chi connectivity index (χ2n) is 5.83. The molecular formula is C20H21NO2. The minimum Gasteiger partial charge on any atom is -0.425 e. The molecule has 0 heterocycles. The molecular weight excluding hydrogens is 286 g/mol. The average molecular weight is 307 g/mol. The molecule has 2 aromatic rings. The summed E-state index contributed by atoms with van der Waals surface area (Å²) in [6.07, 6.45) is 2.28. The van der Waals surface area contributed by atoms with Gasteiger partial charge >= 0.3 is 5.97 Å². The van der Waals surface area contributed by atoms with E-state index in [2.05, 4.69) is 6.07 Å². The number of carbonyl (C=O) groups excluding carboxylic acids is 1. The Morgan fingerprint density at radius 3 is 2.26 bits per heavy atom. The third-order valence-electron chi connectivity index (χ3n) is 3.90. The van der Waals surface area contributed by atoms with E-state index < -0.39 is 11.4 Å². The van der Waals surface area contributed by atoms with Crippen LogP contribution in [0.5, 0.6) is 5.75 Å². The zero-order valence-corrected chi connectivity index (χ0v) is 13.6. The molecule has 1 unspecified atom stereocenters. The van der Waals surface area contributed by atoms with Crippen molar-refractivity contribution in [2.45, 2.75) is 33.1 Å². The van der Waals surface area contributed by atoms with Crippen molar-refractivity contribution in [1.29, 1.82) is 5.26 Å². The molecule has 0 aliphatic heterocycles. The Bertz CT molecular complexity index is 686. The summed E-state index contributed by atoms with van der Waals surface area (Å²) in [6, 6.07) is 19.4. The second-order valence-corrected chi connectivity index (χ2v) is 5.83. The fourth-order valence-electron chi connectivity index (χ4n) is 2.30. The molecule has 3 nitrogen and oxygen atoms in total. The summed E-state index contributed by atoms with van der Waals surface area (Å²) in [4.78, 5) is 12.3. The molecule has 0 aliphatic rings. The Kier molecular flexibility index (Phi) is 5.54. The zero-order chi connectivity index (χ0) is 16.7. The van der Waals surface area contributed by atoms with Gasteiger partial charge in [0, 0.05) is 0 Å². The van der Waals surface area contributed by atoms with Crippen LogP contribution in [0.3, 0.4) is 0 Å². The highest BCUT2D eigenvalue weighted by Crippen LogP contribution is 2.27. The van der Waals surface area contributed by atoms with Crippen molar-refractivity contribution in [2.24, 2.45) is 5.41 Å². The zero-order valence-electron chi connectivity index (χ0n) is 13.6. The largest absolute Gasteiger partial charge is 0.425 e. The summed E-state index contributed by atoms with van der Waals surface area (Å²) in [6.45, 7) is 3.68. The van der Waals surface area contributed by atoms with Gasteiger partial charge in [0.1, 0.15) is 5.75 Å². The molecule has 3 heteroatoms. The number of unbranched alkanes of at least 4 members (excludes halogenated alkanes) is 1. The Labute approximate surface area is 137 Å². The van der Waals surface area contributed by atoms with E-state index in [1.165, 1.54) is 0 Å². The minimum atomic E-state index is -1.09. The summed E-state index contributed by atoms with van der Waals surface area (Å²) in [5, 5.41) is 9.30. The van der Waals surface area contributed by atoms with Crippen molar-refractivity contribution in [1.82, 2.24) is 0 Å². The van der Waals surface area contributed by atoms with Crippen LogP contribution in [0, 0.1) is 16.7 Å². The van der Waals surface area contributed by atoms with Gasteiger partial charge in [-0.1, -0.05) is 62.2 Å². The standard InChI is InChI=1S/C20H21NO2/c1-3-4-14-20(2,15-21)19(22)23-18-12-10-17(11-13-18)16-8-6-5-7-9-16/h5-13H,3-4,14H2,1-2H3. The van der Waals surface area contributed by atoms with E-state index in [9.17, 15) is 10.1 Å². The molecule has 0 spiro atoms. The topological polar surface area (TPSA) is 50.1 Å². The second kappa shape index (κ2) is 7.60. The first kappa shape index (κ1) is 16.8. The van der Waals surface area contributed by atoms with E-state index in [-0.39, 0.29) is 0 Å². The summed E-state index contributed by atoms with van der Waals surface area (Å²) >= 11 is 0. The number of ether oxygens (including phenoxy) is 1. The smallest absolute Gasteiger partial charge is 0.331 e. The molecule has 0 fully saturated rings. The fourth-order valence-corrected chi connectivity index (χ4v) is 2.30. The molecule has 0 bridgehead atoms. The molecule has 118 valence electrons. The van der Waals surface area contributed by atoms with Gasteiger partial charge in [-0.25, -0.2) is 4.79 Å². The molecule has 23 heavy (non-hydrogen) atoms. The first-order chi connectivity index (χ1) is 11.1. The summed E-state index contributed by atoms with van der Waals surface area (Å²) in [7, 11) is 0. The summed E-state index contributed by atoms with van der Waals surface area (Å²) in [5.74, 6) is -0.0198. The summed E-state index contributed by atoms with van der Waals surface area (Å²) in [5.41, 5.74) is 1.07. The molecule has 0 saturated heterocycles. The monoisotopic (exact) mass is 307 g/mol. The average Bonchev–Trinajstić information content (AvgIpc) is 2.61. The van der Waals surface area contributed by atoms with Crippen molar-refractivity contribution in [3.05, 3.63) is 54.6 Å². The number of esters is 1. The molecule has 2 aromatic carbocycles. The molecule has 1 atom stereocenters. The highest BCUT2D eigenvalue weighted by atomic mass is 16.5. The Hall–Kier alpha value is -2.60. The number of rotatable bonds is 6. The van der Waals surface area contributed by atoms with E-state index >= 15 is 0 Å². The van der Waals surface area contributed by atoms with Crippen LogP contribution in [0.15, 0.2) is 54.6 Å². The highest BCUT2D eigenvalue weighted by Gasteiger charge is 2.34. The maximum Gasteiger partial charge on any atom is 0.331 e. The van der Waals surface area contributed by atoms with Gasteiger partial charge in [0.25, 0.3) is 0 Å². The quantitative estimate of drug-likeness (QED) is 0.558. The van der Waals surface area contributed by atoms with E-state index in [1.807, 2.05) is 49.4 Å². The van der Waals surface area contributed by atoms with Gasteiger partial charge in [-0.05, 0) is 36.6 Å². The number of benzene rings is 2. The Morgan fingerprint density at radius 2 is 1.70 bits per heavy atom. The van der Waals surface area contributed by atoms with Crippen molar-refractivity contribution in [3.8, 4) is 22.9 Å². The SMILES string of the molecule is CCCCC(C)(C#N)C(=O)Oc1ccc(-c2ccccc2)cc1. The first-order valence-corrected chi connectivity index (χ1v) is 7.88. The Balaban J connectivity index is 2.09. The highest BCUT2D eigenvalue weighted by molar-refractivity contribution is 5.81. The molecule has 0 amide bonds. The van der Waals surface area contributed by atoms with Crippen molar-refractivity contribution in [3.63, 3.8) is 0 Å². The lowest BCUT2D eigenvalue weighted by molar-refractivity contribution is -0.142. The number of nitriles is 1. The molecule has 0 saturated carbocycles. The number of carbonyl (C=O) groups is 1.